The van der Waals surface area contributed by atoms with Crippen molar-refractivity contribution in [2.45, 2.75) is 65.8 Å². The molecule has 2 atom stereocenters. The van der Waals surface area contributed by atoms with Crippen molar-refractivity contribution < 1.29 is 14.3 Å². The molecule has 4 nitrogen and oxygen atoms in total. The molecule has 26 heavy (non-hydrogen) atoms. The van der Waals surface area contributed by atoms with Crippen molar-refractivity contribution >= 4 is 5.91 Å². The van der Waals surface area contributed by atoms with Crippen molar-refractivity contribution in [2.24, 2.45) is 11.8 Å². The summed E-state index contributed by atoms with van der Waals surface area (Å²) in [5.41, 5.74) is 2.48. The number of rotatable bonds is 8. The van der Waals surface area contributed by atoms with E-state index in [2.05, 4.69) is 44.7 Å². The fourth-order valence-corrected chi connectivity index (χ4v) is 4.13. The summed E-state index contributed by atoms with van der Waals surface area (Å²) in [6.07, 6.45) is 5.03. The molecule has 1 aliphatic heterocycles. The van der Waals surface area contributed by atoms with E-state index < -0.39 is 0 Å². The highest BCUT2D eigenvalue weighted by Crippen LogP contribution is 2.41. The monoisotopic (exact) mass is 361 g/mol. The van der Waals surface area contributed by atoms with Gasteiger partial charge in [0.05, 0.1) is 20.3 Å². The summed E-state index contributed by atoms with van der Waals surface area (Å²) in [5, 5.41) is 0. The van der Waals surface area contributed by atoms with Crippen molar-refractivity contribution in [2.75, 3.05) is 20.8 Å². The second-order valence-electron chi connectivity index (χ2n) is 7.62. The molecule has 0 radical (unpaired) electrons. The highest BCUT2D eigenvalue weighted by Gasteiger charge is 2.36. The summed E-state index contributed by atoms with van der Waals surface area (Å²) in [6.45, 7) is 9.50. The summed E-state index contributed by atoms with van der Waals surface area (Å²) >= 11 is 0. The van der Waals surface area contributed by atoms with Crippen molar-refractivity contribution in [3.05, 3.63) is 23.3 Å². The predicted molar refractivity (Wildman–Crippen MR) is 106 cm³/mol. The van der Waals surface area contributed by atoms with Gasteiger partial charge in [-0.15, -0.1) is 0 Å². The number of carbonyl (C=O) groups is 1. The highest BCUT2D eigenvalue weighted by atomic mass is 16.5. The minimum absolute atomic E-state index is 0.0988. The van der Waals surface area contributed by atoms with Crippen LogP contribution in [0, 0.1) is 11.8 Å². The van der Waals surface area contributed by atoms with Gasteiger partial charge in [0.2, 0.25) is 5.91 Å². The molecule has 0 N–H and O–H groups in total. The molecular formula is C22H35NO3. The van der Waals surface area contributed by atoms with E-state index in [1.807, 2.05) is 0 Å². The molecule has 0 saturated heterocycles. The summed E-state index contributed by atoms with van der Waals surface area (Å²) in [4.78, 5) is 15.4. The molecule has 2 rings (SSSR count). The first-order valence-electron chi connectivity index (χ1n) is 10.0. The Labute approximate surface area is 158 Å². The van der Waals surface area contributed by atoms with Gasteiger partial charge in [-0.2, -0.15) is 0 Å². The van der Waals surface area contributed by atoms with Crippen LogP contribution < -0.4 is 9.47 Å². The highest BCUT2D eigenvalue weighted by molar-refractivity contribution is 5.80. The lowest BCUT2D eigenvalue weighted by Gasteiger charge is -2.41. The van der Waals surface area contributed by atoms with Crippen LogP contribution in [0.4, 0.5) is 0 Å². The van der Waals surface area contributed by atoms with Gasteiger partial charge in [0, 0.05) is 12.5 Å². The molecule has 0 spiro atoms. The Morgan fingerprint density at radius 3 is 2.38 bits per heavy atom. The lowest BCUT2D eigenvalue weighted by molar-refractivity contribution is -0.140. The quantitative estimate of drug-likeness (QED) is 0.654. The van der Waals surface area contributed by atoms with Crippen molar-refractivity contribution in [3.63, 3.8) is 0 Å². The number of fused-ring (bicyclic) bond motifs is 1. The first-order chi connectivity index (χ1) is 12.5. The fraction of sp³-hybridized carbons (Fsp3) is 0.682. The number of nitrogens with zero attached hydrogens (tertiary/aromatic N) is 1. The number of benzene rings is 1. The molecule has 146 valence electrons. The molecule has 1 aromatic carbocycles. The van der Waals surface area contributed by atoms with Gasteiger partial charge in [0.1, 0.15) is 0 Å². The first kappa shape index (κ1) is 20.6. The topological polar surface area (TPSA) is 38.8 Å². The molecule has 1 heterocycles. The van der Waals surface area contributed by atoms with E-state index in [0.29, 0.717) is 11.8 Å². The third kappa shape index (κ3) is 4.16. The molecule has 1 aliphatic rings. The standard InChI is InChI=1S/C22H35NO3/c1-7-9-10-16(8-2)22(24)23-12-11-17-13-19(25-5)20(26-6)14-18(17)21(23)15(3)4/h13-16,21H,7-12H2,1-6H3/t16-,21+/m0/s1. The third-order valence-electron chi connectivity index (χ3n) is 5.58. The van der Waals surface area contributed by atoms with Crippen LogP contribution in [0.25, 0.3) is 0 Å². The number of hydrogen-bond acceptors (Lipinski definition) is 3. The van der Waals surface area contributed by atoms with Gasteiger partial charge in [0.25, 0.3) is 0 Å². The Morgan fingerprint density at radius 1 is 1.19 bits per heavy atom. The van der Waals surface area contributed by atoms with Gasteiger partial charge in [0.15, 0.2) is 11.5 Å². The molecule has 4 heteroatoms. The first-order valence-corrected chi connectivity index (χ1v) is 10.0. The number of carbonyl (C=O) groups excluding carboxylic acids is 1. The number of unbranched alkanes of at least 4 members (excludes halogenated alkanes) is 1. The number of hydrogen-bond donors (Lipinski definition) is 0. The van der Waals surface area contributed by atoms with Gasteiger partial charge >= 0.3 is 0 Å². The molecule has 0 unspecified atom stereocenters. The molecule has 0 aromatic heterocycles. The minimum atomic E-state index is 0.0988. The van der Waals surface area contributed by atoms with E-state index in [4.69, 9.17) is 9.47 Å². The van der Waals surface area contributed by atoms with E-state index in [0.717, 1.165) is 50.1 Å². The second-order valence-corrected chi connectivity index (χ2v) is 7.62. The number of amides is 1. The maximum Gasteiger partial charge on any atom is 0.226 e. The Kier molecular flexibility index (Phi) is 7.36. The van der Waals surface area contributed by atoms with Crippen molar-refractivity contribution in [1.29, 1.82) is 0 Å². The Bertz CT molecular complexity index is 612. The van der Waals surface area contributed by atoms with Crippen molar-refractivity contribution in [3.8, 4) is 11.5 Å². The zero-order valence-corrected chi connectivity index (χ0v) is 17.3. The normalized spacial score (nSPS) is 17.8. The van der Waals surface area contributed by atoms with Crippen LogP contribution in [0.1, 0.15) is 70.5 Å². The minimum Gasteiger partial charge on any atom is -0.493 e. The number of ether oxygens (including phenoxy) is 2. The van der Waals surface area contributed by atoms with Gasteiger partial charge in [-0.25, -0.2) is 0 Å². The van der Waals surface area contributed by atoms with Crippen LogP contribution in [-0.4, -0.2) is 31.6 Å². The van der Waals surface area contributed by atoms with Gasteiger partial charge in [-0.05, 0) is 48.4 Å². The average Bonchev–Trinajstić information content (AvgIpc) is 2.65. The SMILES string of the molecule is CCCC[C@H](CC)C(=O)N1CCc2cc(OC)c(OC)cc2[C@H]1C(C)C. The number of methoxy groups -OCH3 is 2. The van der Waals surface area contributed by atoms with Crippen LogP contribution in [0.2, 0.25) is 0 Å². The molecule has 0 fully saturated rings. The largest absolute Gasteiger partial charge is 0.493 e. The maximum absolute atomic E-state index is 13.3. The fourth-order valence-electron chi connectivity index (χ4n) is 4.13. The summed E-state index contributed by atoms with van der Waals surface area (Å²) < 4.78 is 11.0. The molecule has 1 amide bonds. The van der Waals surface area contributed by atoms with E-state index >= 15 is 0 Å². The molecule has 0 aliphatic carbocycles. The maximum atomic E-state index is 13.3. The third-order valence-corrected chi connectivity index (χ3v) is 5.58. The van der Waals surface area contributed by atoms with Crippen LogP contribution >= 0.6 is 0 Å². The van der Waals surface area contributed by atoms with Crippen LogP contribution in [-0.2, 0) is 11.2 Å². The summed E-state index contributed by atoms with van der Waals surface area (Å²) in [5.74, 6) is 2.31. The van der Waals surface area contributed by atoms with E-state index in [-0.39, 0.29) is 12.0 Å². The molecular weight excluding hydrogens is 326 g/mol. The smallest absolute Gasteiger partial charge is 0.226 e. The zero-order chi connectivity index (χ0) is 19.3. The van der Waals surface area contributed by atoms with E-state index in [1.54, 1.807) is 14.2 Å². The lowest BCUT2D eigenvalue weighted by Crippen LogP contribution is -2.45. The van der Waals surface area contributed by atoms with Gasteiger partial charge < -0.3 is 14.4 Å². The van der Waals surface area contributed by atoms with E-state index in [1.165, 1.54) is 11.1 Å². The van der Waals surface area contributed by atoms with Crippen LogP contribution in [0.5, 0.6) is 11.5 Å². The average molecular weight is 362 g/mol. The van der Waals surface area contributed by atoms with Gasteiger partial charge in [-0.1, -0.05) is 40.5 Å². The van der Waals surface area contributed by atoms with Crippen LogP contribution in [0.3, 0.4) is 0 Å². The molecule has 1 aromatic rings. The second kappa shape index (κ2) is 9.29. The van der Waals surface area contributed by atoms with Crippen LogP contribution in [0.15, 0.2) is 12.1 Å². The Balaban J connectivity index is 2.38. The predicted octanol–water partition coefficient (Wildman–Crippen LogP) is 5.00. The lowest BCUT2D eigenvalue weighted by atomic mass is 9.84. The Morgan fingerprint density at radius 2 is 1.85 bits per heavy atom. The Hall–Kier alpha value is -1.71. The van der Waals surface area contributed by atoms with E-state index in [9.17, 15) is 4.79 Å². The van der Waals surface area contributed by atoms with Crippen molar-refractivity contribution in [1.82, 2.24) is 4.90 Å². The molecule has 0 saturated carbocycles. The molecule has 0 bridgehead atoms. The summed E-state index contributed by atoms with van der Waals surface area (Å²) in [6, 6.07) is 4.26. The van der Waals surface area contributed by atoms with Gasteiger partial charge in [-0.3, -0.25) is 4.79 Å². The zero-order valence-electron chi connectivity index (χ0n) is 17.3. The summed E-state index contributed by atoms with van der Waals surface area (Å²) in [7, 11) is 3.33.